The molecule has 8 nitrogen and oxygen atoms in total. The van der Waals surface area contributed by atoms with Crippen LogP contribution in [0.5, 0.6) is 0 Å². The third kappa shape index (κ3) is 4.04. The predicted octanol–water partition coefficient (Wildman–Crippen LogP) is 3.01. The molecule has 4 rings (SSSR count). The van der Waals surface area contributed by atoms with Crippen molar-refractivity contribution in [3.8, 4) is 0 Å². The lowest BCUT2D eigenvalue weighted by atomic mass is 10.0. The van der Waals surface area contributed by atoms with E-state index in [1.807, 2.05) is 0 Å². The van der Waals surface area contributed by atoms with Gasteiger partial charge in [0.25, 0.3) is 0 Å². The van der Waals surface area contributed by atoms with Gasteiger partial charge in [0.15, 0.2) is 17.3 Å². The highest BCUT2D eigenvalue weighted by atomic mass is 16.3. The van der Waals surface area contributed by atoms with Crippen molar-refractivity contribution in [3.05, 3.63) is 82.5 Å². The summed E-state index contributed by atoms with van der Waals surface area (Å²) in [4.78, 5) is 60.6. The lowest BCUT2D eigenvalue weighted by molar-refractivity contribution is -0.115. The van der Waals surface area contributed by atoms with Crippen molar-refractivity contribution in [2.24, 2.45) is 5.92 Å². The molecule has 0 fully saturated rings. The number of nitrogens with one attached hydrogen (secondary N) is 2. The molecule has 2 aliphatic rings. The van der Waals surface area contributed by atoms with Gasteiger partial charge in [0, 0.05) is 41.9 Å². The summed E-state index contributed by atoms with van der Waals surface area (Å²) in [7, 11) is 0. The second-order valence-electron chi connectivity index (χ2n) is 7.88. The van der Waals surface area contributed by atoms with Crippen molar-refractivity contribution < 1.29 is 29.1 Å². The predicted molar refractivity (Wildman–Crippen MR) is 120 cm³/mol. The van der Waals surface area contributed by atoms with Gasteiger partial charge in [-0.05, 0) is 48.0 Å². The molecule has 2 unspecified atom stereocenters. The monoisotopic (exact) mass is 444 g/mol. The van der Waals surface area contributed by atoms with Crippen LogP contribution in [0.15, 0.2) is 60.2 Å². The van der Waals surface area contributed by atoms with Gasteiger partial charge < -0.3 is 15.7 Å². The van der Waals surface area contributed by atoms with E-state index in [-0.39, 0.29) is 34.3 Å². The highest BCUT2D eigenvalue weighted by molar-refractivity contribution is 6.39. The number of fused-ring (bicyclic) bond motifs is 2. The summed E-state index contributed by atoms with van der Waals surface area (Å²) in [6, 6.07) is 9.17. The fourth-order valence-corrected chi connectivity index (χ4v) is 4.05. The van der Waals surface area contributed by atoms with Gasteiger partial charge in [-0.25, -0.2) is 0 Å². The molecule has 0 aliphatic heterocycles. The Balaban J connectivity index is 1.55. The first-order chi connectivity index (χ1) is 15.7. The van der Waals surface area contributed by atoms with E-state index in [1.165, 1.54) is 44.2 Å². The molecule has 0 heterocycles. The smallest absolute Gasteiger partial charge is 0.221 e. The Morgan fingerprint density at radius 3 is 2.06 bits per heavy atom. The number of aliphatic hydroxyl groups is 1. The number of rotatable bonds is 4. The van der Waals surface area contributed by atoms with Crippen LogP contribution in [0.4, 0.5) is 11.4 Å². The maximum Gasteiger partial charge on any atom is 0.221 e. The Kier molecular flexibility index (Phi) is 5.61. The lowest BCUT2D eigenvalue weighted by Crippen LogP contribution is -2.10. The Morgan fingerprint density at radius 1 is 0.848 bits per heavy atom. The van der Waals surface area contributed by atoms with Crippen LogP contribution in [0.25, 0.3) is 0 Å². The quantitative estimate of drug-likeness (QED) is 0.491. The number of carbonyl (C=O) groups excluding carboxylic acids is 5. The molecule has 0 bridgehead atoms. The minimum absolute atomic E-state index is 0.0633. The molecule has 8 heteroatoms. The summed E-state index contributed by atoms with van der Waals surface area (Å²) in [6.45, 7) is 2.70. The first kappa shape index (κ1) is 22.0. The van der Waals surface area contributed by atoms with E-state index in [4.69, 9.17) is 0 Å². The number of amides is 2. The zero-order chi connectivity index (χ0) is 23.9. The SMILES string of the molecule is CC(=O)Nc1ccc2c(c1)C(=O)/C(=C\C=C\C1C(=O)c3ccc(NC(C)=O)cc3C1O)C2=O. The van der Waals surface area contributed by atoms with Crippen LogP contribution >= 0.6 is 0 Å². The van der Waals surface area contributed by atoms with Crippen LogP contribution in [-0.4, -0.2) is 34.3 Å². The van der Waals surface area contributed by atoms with Crippen LogP contribution in [0.2, 0.25) is 0 Å². The van der Waals surface area contributed by atoms with E-state index in [0.717, 1.165) is 0 Å². The second kappa shape index (κ2) is 8.40. The molecule has 2 aliphatic carbocycles. The van der Waals surface area contributed by atoms with E-state index in [0.29, 0.717) is 22.5 Å². The Hall–Kier alpha value is -4.17. The highest BCUT2D eigenvalue weighted by Crippen LogP contribution is 2.38. The van der Waals surface area contributed by atoms with Gasteiger partial charge in [-0.15, -0.1) is 0 Å². The first-order valence-electron chi connectivity index (χ1n) is 10.2. The average Bonchev–Trinajstić information content (AvgIpc) is 3.12. The number of Topliss-reactive ketones (excluding diaryl/α,β-unsaturated/α-hetero) is 3. The summed E-state index contributed by atoms with van der Waals surface area (Å²) >= 11 is 0. The number of ketones is 3. The molecule has 2 atom stereocenters. The van der Waals surface area contributed by atoms with Gasteiger partial charge in [-0.1, -0.05) is 12.2 Å². The van der Waals surface area contributed by atoms with Gasteiger partial charge in [0.2, 0.25) is 11.8 Å². The van der Waals surface area contributed by atoms with Crippen LogP contribution in [0.3, 0.4) is 0 Å². The summed E-state index contributed by atoms with van der Waals surface area (Å²) in [6.07, 6.45) is 3.07. The maximum absolute atomic E-state index is 12.7. The second-order valence-corrected chi connectivity index (χ2v) is 7.88. The molecule has 0 aromatic heterocycles. The van der Waals surface area contributed by atoms with Crippen LogP contribution in [-0.2, 0) is 9.59 Å². The molecular formula is C25H20N2O6. The molecule has 2 aromatic rings. The molecule has 0 saturated heterocycles. The van der Waals surface area contributed by atoms with Crippen LogP contribution < -0.4 is 10.6 Å². The van der Waals surface area contributed by atoms with Gasteiger partial charge in [0.05, 0.1) is 17.6 Å². The average molecular weight is 444 g/mol. The van der Waals surface area contributed by atoms with Gasteiger partial charge in [0.1, 0.15) is 0 Å². The zero-order valence-corrected chi connectivity index (χ0v) is 17.8. The van der Waals surface area contributed by atoms with Crippen molar-refractivity contribution in [2.45, 2.75) is 20.0 Å². The minimum atomic E-state index is -1.12. The van der Waals surface area contributed by atoms with Gasteiger partial charge in [-0.3, -0.25) is 24.0 Å². The van der Waals surface area contributed by atoms with E-state index >= 15 is 0 Å². The zero-order valence-electron chi connectivity index (χ0n) is 17.8. The fourth-order valence-electron chi connectivity index (χ4n) is 4.05. The number of aliphatic hydroxyl groups excluding tert-OH is 1. The number of carbonyl (C=O) groups is 5. The first-order valence-corrected chi connectivity index (χ1v) is 10.2. The summed E-state index contributed by atoms with van der Waals surface area (Å²) in [5.41, 5.74) is 2.01. The number of anilines is 2. The van der Waals surface area contributed by atoms with E-state index < -0.39 is 23.6 Å². The van der Waals surface area contributed by atoms with E-state index in [9.17, 15) is 29.1 Å². The van der Waals surface area contributed by atoms with E-state index in [2.05, 4.69) is 10.6 Å². The standard InChI is InChI=1S/C25H20N2O6/c1-12(28)26-14-6-8-16-20(10-14)24(32)18(22(16)30)4-3-5-19-23(31)17-9-7-15(27-13(2)29)11-21(17)25(19)33/h3-11,18,24,32H,1-2H3,(H,26,28)(H,27,29)/b4-3+,19-5-. The van der Waals surface area contributed by atoms with Gasteiger partial charge >= 0.3 is 0 Å². The van der Waals surface area contributed by atoms with E-state index in [1.54, 1.807) is 24.3 Å². The Bertz CT molecular complexity index is 1300. The van der Waals surface area contributed by atoms with Crippen molar-refractivity contribution in [1.82, 2.24) is 0 Å². The van der Waals surface area contributed by atoms with Gasteiger partial charge in [-0.2, -0.15) is 0 Å². The Morgan fingerprint density at radius 2 is 1.42 bits per heavy atom. The molecule has 33 heavy (non-hydrogen) atoms. The molecule has 0 saturated carbocycles. The molecule has 2 amide bonds. The number of hydrogen-bond donors (Lipinski definition) is 3. The summed E-state index contributed by atoms with van der Waals surface area (Å²) in [5, 5.41) is 15.8. The topological polar surface area (TPSA) is 130 Å². The third-order valence-corrected chi connectivity index (χ3v) is 5.50. The molecule has 0 radical (unpaired) electrons. The number of hydrogen-bond acceptors (Lipinski definition) is 6. The van der Waals surface area contributed by atoms with Crippen molar-refractivity contribution >= 4 is 40.5 Å². The van der Waals surface area contributed by atoms with Crippen LogP contribution in [0.1, 0.15) is 56.6 Å². The van der Waals surface area contributed by atoms with Crippen molar-refractivity contribution in [1.29, 1.82) is 0 Å². The molecule has 166 valence electrons. The fraction of sp³-hybridized carbons (Fsp3) is 0.160. The Labute approximate surface area is 189 Å². The van der Waals surface area contributed by atoms with Crippen molar-refractivity contribution in [3.63, 3.8) is 0 Å². The largest absolute Gasteiger partial charge is 0.387 e. The number of benzene rings is 2. The molecule has 0 spiro atoms. The molecular weight excluding hydrogens is 424 g/mol. The van der Waals surface area contributed by atoms with Crippen molar-refractivity contribution in [2.75, 3.05) is 10.6 Å². The lowest BCUT2D eigenvalue weighted by Gasteiger charge is -2.09. The molecule has 3 N–H and O–H groups in total. The third-order valence-electron chi connectivity index (χ3n) is 5.50. The normalized spacial score (nSPS) is 20.3. The number of allylic oxidation sites excluding steroid dienone is 3. The summed E-state index contributed by atoms with van der Waals surface area (Å²) < 4.78 is 0. The van der Waals surface area contributed by atoms with Crippen LogP contribution in [0, 0.1) is 5.92 Å². The summed E-state index contributed by atoms with van der Waals surface area (Å²) in [5.74, 6) is -2.68. The maximum atomic E-state index is 12.7. The minimum Gasteiger partial charge on any atom is -0.387 e. The molecule has 2 aromatic carbocycles. The highest BCUT2D eigenvalue weighted by Gasteiger charge is 2.37.